The highest BCUT2D eigenvalue weighted by atomic mass is 32.1. The summed E-state index contributed by atoms with van der Waals surface area (Å²) in [5.41, 5.74) is 0. The van der Waals surface area contributed by atoms with Gasteiger partial charge in [-0.25, -0.2) is 4.39 Å². The molecule has 3 rings (SSSR count). The van der Waals surface area contributed by atoms with E-state index in [1.54, 1.807) is 23.5 Å². The highest BCUT2D eigenvalue weighted by Gasteiger charge is 2.26. The molecule has 1 fully saturated rings. The Labute approximate surface area is 140 Å². The van der Waals surface area contributed by atoms with Gasteiger partial charge in [-0.3, -0.25) is 4.90 Å². The summed E-state index contributed by atoms with van der Waals surface area (Å²) in [4.78, 5) is 3.43. The van der Waals surface area contributed by atoms with Gasteiger partial charge in [0.05, 0.1) is 6.10 Å². The highest BCUT2D eigenvalue weighted by Crippen LogP contribution is 2.32. The van der Waals surface area contributed by atoms with E-state index in [1.165, 1.54) is 12.1 Å². The number of aliphatic hydroxyl groups is 1. The van der Waals surface area contributed by atoms with Crippen molar-refractivity contribution in [3.8, 4) is 5.75 Å². The molecular formula is C18H22FNO2S. The zero-order valence-corrected chi connectivity index (χ0v) is 13.8. The number of halogens is 1. The van der Waals surface area contributed by atoms with Crippen molar-refractivity contribution in [3.05, 3.63) is 52.5 Å². The Bertz CT molecular complexity index is 580. The van der Waals surface area contributed by atoms with E-state index in [2.05, 4.69) is 4.90 Å². The number of likely N-dealkylation sites (tertiary alicyclic amines) is 1. The number of benzene rings is 1. The van der Waals surface area contributed by atoms with Crippen molar-refractivity contribution in [2.45, 2.75) is 18.9 Å². The molecule has 124 valence electrons. The van der Waals surface area contributed by atoms with Crippen molar-refractivity contribution in [1.82, 2.24) is 4.90 Å². The fraction of sp³-hybridized carbons (Fsp3) is 0.444. The second-order valence-electron chi connectivity index (χ2n) is 5.94. The van der Waals surface area contributed by atoms with Gasteiger partial charge >= 0.3 is 0 Å². The lowest BCUT2D eigenvalue weighted by Crippen LogP contribution is -2.37. The van der Waals surface area contributed by atoms with E-state index in [9.17, 15) is 9.50 Å². The minimum atomic E-state index is -0.326. The van der Waals surface area contributed by atoms with Crippen molar-refractivity contribution in [1.29, 1.82) is 0 Å². The summed E-state index contributed by atoms with van der Waals surface area (Å²) in [6, 6.07) is 10.1. The Morgan fingerprint density at radius 2 is 1.96 bits per heavy atom. The first kappa shape index (κ1) is 16.4. The van der Waals surface area contributed by atoms with Crippen LogP contribution in [0.4, 0.5) is 4.39 Å². The average molecular weight is 335 g/mol. The van der Waals surface area contributed by atoms with E-state index in [0.29, 0.717) is 18.3 Å². The van der Waals surface area contributed by atoms with Gasteiger partial charge in [-0.2, -0.15) is 0 Å². The first-order valence-electron chi connectivity index (χ1n) is 8.04. The lowest BCUT2D eigenvalue weighted by atomic mass is 9.90. The topological polar surface area (TPSA) is 32.7 Å². The number of piperidine rings is 1. The van der Waals surface area contributed by atoms with Crippen LogP contribution in [0.1, 0.15) is 23.8 Å². The maximum absolute atomic E-state index is 12.8. The van der Waals surface area contributed by atoms with E-state index in [1.807, 2.05) is 17.5 Å². The number of hydrogen-bond donors (Lipinski definition) is 1. The van der Waals surface area contributed by atoms with Gasteiger partial charge in [-0.1, -0.05) is 6.07 Å². The summed E-state index contributed by atoms with van der Waals surface area (Å²) < 4.78 is 18.5. The van der Waals surface area contributed by atoms with Crippen molar-refractivity contribution in [2.24, 2.45) is 5.92 Å². The molecule has 1 aliphatic heterocycles. The summed E-state index contributed by atoms with van der Waals surface area (Å²) in [6.07, 6.45) is 1.69. The molecule has 1 saturated heterocycles. The molecule has 0 spiro atoms. The Balaban J connectivity index is 1.38. The van der Waals surface area contributed by atoms with E-state index in [-0.39, 0.29) is 11.9 Å². The second-order valence-corrected chi connectivity index (χ2v) is 6.92. The molecule has 0 bridgehead atoms. The van der Waals surface area contributed by atoms with Crippen LogP contribution in [0.2, 0.25) is 0 Å². The molecule has 5 heteroatoms. The molecule has 0 radical (unpaired) electrons. The van der Waals surface area contributed by atoms with Crippen LogP contribution in [0.3, 0.4) is 0 Å². The van der Waals surface area contributed by atoms with Crippen LogP contribution in [0.15, 0.2) is 41.8 Å². The minimum absolute atomic E-state index is 0.247. The van der Waals surface area contributed by atoms with Gasteiger partial charge < -0.3 is 9.84 Å². The SMILES string of the molecule is OC(c1cccs1)C1CCN(CCOc2ccc(F)cc2)CC1. The van der Waals surface area contributed by atoms with Crippen LogP contribution in [0.5, 0.6) is 5.75 Å². The molecule has 1 aliphatic rings. The van der Waals surface area contributed by atoms with Gasteiger partial charge in [0.2, 0.25) is 0 Å². The predicted molar refractivity (Wildman–Crippen MR) is 90.3 cm³/mol. The van der Waals surface area contributed by atoms with Crippen molar-refractivity contribution in [2.75, 3.05) is 26.2 Å². The van der Waals surface area contributed by atoms with E-state index in [0.717, 1.165) is 37.4 Å². The van der Waals surface area contributed by atoms with Gasteiger partial charge in [0.15, 0.2) is 0 Å². The molecular weight excluding hydrogens is 313 g/mol. The predicted octanol–water partition coefficient (Wildman–Crippen LogP) is 3.71. The van der Waals surface area contributed by atoms with Crippen LogP contribution >= 0.6 is 11.3 Å². The summed E-state index contributed by atoms with van der Waals surface area (Å²) in [5.74, 6) is 0.807. The molecule has 2 heterocycles. The maximum atomic E-state index is 12.8. The smallest absolute Gasteiger partial charge is 0.123 e. The van der Waals surface area contributed by atoms with E-state index < -0.39 is 0 Å². The number of hydrogen-bond acceptors (Lipinski definition) is 4. The molecule has 23 heavy (non-hydrogen) atoms. The lowest BCUT2D eigenvalue weighted by Gasteiger charge is -2.33. The van der Waals surface area contributed by atoms with Crippen molar-refractivity contribution >= 4 is 11.3 Å². The summed E-state index contributed by atoms with van der Waals surface area (Å²) in [6.45, 7) is 3.43. The normalized spacial score (nSPS) is 18.0. The number of rotatable bonds is 6. The monoisotopic (exact) mass is 335 g/mol. The first-order valence-corrected chi connectivity index (χ1v) is 8.92. The van der Waals surface area contributed by atoms with Crippen molar-refractivity contribution in [3.63, 3.8) is 0 Å². The van der Waals surface area contributed by atoms with Crippen LogP contribution in [0, 0.1) is 11.7 Å². The molecule has 0 saturated carbocycles. The zero-order valence-electron chi connectivity index (χ0n) is 13.0. The van der Waals surface area contributed by atoms with Crippen LogP contribution in [0.25, 0.3) is 0 Å². The largest absolute Gasteiger partial charge is 0.492 e. The Morgan fingerprint density at radius 3 is 2.61 bits per heavy atom. The highest BCUT2D eigenvalue weighted by molar-refractivity contribution is 7.10. The third-order valence-electron chi connectivity index (χ3n) is 4.40. The fourth-order valence-electron chi connectivity index (χ4n) is 3.01. The molecule has 0 aliphatic carbocycles. The van der Waals surface area contributed by atoms with Crippen LogP contribution in [-0.2, 0) is 0 Å². The maximum Gasteiger partial charge on any atom is 0.123 e. The number of nitrogens with zero attached hydrogens (tertiary/aromatic N) is 1. The molecule has 1 aromatic carbocycles. The molecule has 1 atom stereocenters. The van der Waals surface area contributed by atoms with Crippen LogP contribution < -0.4 is 4.74 Å². The Morgan fingerprint density at radius 1 is 1.22 bits per heavy atom. The molecule has 1 aromatic heterocycles. The number of thiophene rings is 1. The van der Waals surface area contributed by atoms with Gasteiger partial charge in [-0.05, 0) is 67.6 Å². The molecule has 3 nitrogen and oxygen atoms in total. The average Bonchev–Trinajstić information content (AvgIpc) is 3.11. The first-order chi connectivity index (χ1) is 11.2. The van der Waals surface area contributed by atoms with Gasteiger partial charge in [0, 0.05) is 11.4 Å². The fourth-order valence-corrected chi connectivity index (χ4v) is 3.81. The van der Waals surface area contributed by atoms with E-state index in [4.69, 9.17) is 4.74 Å². The zero-order chi connectivity index (χ0) is 16.1. The van der Waals surface area contributed by atoms with Crippen molar-refractivity contribution < 1.29 is 14.2 Å². The van der Waals surface area contributed by atoms with E-state index >= 15 is 0 Å². The van der Waals surface area contributed by atoms with Gasteiger partial charge in [0.25, 0.3) is 0 Å². The van der Waals surface area contributed by atoms with Crippen LogP contribution in [-0.4, -0.2) is 36.2 Å². The second kappa shape index (κ2) is 7.90. The Hall–Kier alpha value is -1.43. The summed E-state index contributed by atoms with van der Waals surface area (Å²) in [5, 5.41) is 12.4. The Kier molecular flexibility index (Phi) is 5.65. The minimum Gasteiger partial charge on any atom is -0.492 e. The lowest BCUT2D eigenvalue weighted by molar-refractivity contribution is 0.0572. The third-order valence-corrected chi connectivity index (χ3v) is 5.35. The summed E-state index contributed by atoms with van der Waals surface area (Å²) >= 11 is 1.63. The molecule has 2 aromatic rings. The molecule has 1 unspecified atom stereocenters. The number of aliphatic hydroxyl groups excluding tert-OH is 1. The quantitative estimate of drug-likeness (QED) is 0.873. The summed E-state index contributed by atoms with van der Waals surface area (Å²) in [7, 11) is 0. The number of ether oxygens (including phenoxy) is 1. The molecule has 1 N–H and O–H groups in total. The van der Waals surface area contributed by atoms with Gasteiger partial charge in [0.1, 0.15) is 18.2 Å². The third kappa shape index (κ3) is 4.53. The van der Waals surface area contributed by atoms with Gasteiger partial charge in [-0.15, -0.1) is 11.3 Å². The standard InChI is InChI=1S/C18H22FNO2S/c19-15-3-5-16(6-4-15)22-12-11-20-9-7-14(8-10-20)18(21)17-2-1-13-23-17/h1-6,13-14,18,21H,7-12H2. The molecule has 0 amide bonds.